The molecule has 1 N–H and O–H groups in total. The van der Waals surface area contributed by atoms with Gasteiger partial charge in [-0.1, -0.05) is 71.2 Å². The van der Waals surface area contributed by atoms with Gasteiger partial charge in [0.1, 0.15) is 38.1 Å². The minimum Gasteiger partial charge on any atom is -0.479 e. The highest BCUT2D eigenvalue weighted by Crippen LogP contribution is 2.51. The third-order valence-corrected chi connectivity index (χ3v) is 27.9. The average molecular weight is 1880 g/mol. The van der Waals surface area contributed by atoms with Crippen molar-refractivity contribution in [3.8, 4) is 65.1 Å². The van der Waals surface area contributed by atoms with Crippen LogP contribution in [-0.2, 0) is 42.8 Å². The summed E-state index contributed by atoms with van der Waals surface area (Å²) in [5.41, 5.74) is 19.5. The number of imidazole rings is 3. The number of carbonyl (C=O) groups excluding carboxylic acids is 3. The first-order valence-electron chi connectivity index (χ1n) is 44.7. The number of aromatic nitrogens is 9. The van der Waals surface area contributed by atoms with Gasteiger partial charge in [0.25, 0.3) is 0 Å². The average Bonchev–Trinajstić information content (AvgIpc) is 1.57. The molecule has 21 nitrogen and oxygen atoms in total. The van der Waals surface area contributed by atoms with E-state index in [9.17, 15) is 24.3 Å². The van der Waals surface area contributed by atoms with Crippen molar-refractivity contribution in [1.82, 2.24) is 48.5 Å². The first-order valence-corrected chi connectivity index (χ1v) is 48.3. The molecule has 2 saturated carbocycles. The van der Waals surface area contributed by atoms with Gasteiger partial charge in [0.15, 0.2) is 18.3 Å². The van der Waals surface area contributed by atoms with E-state index in [0.29, 0.717) is 45.8 Å². The van der Waals surface area contributed by atoms with Gasteiger partial charge in [-0.3, -0.25) is 0 Å². The maximum absolute atomic E-state index is 13.5. The minimum atomic E-state index is -1.14. The number of hydrogen-bond acceptors (Lipinski definition) is 19. The fraction of sp³-hybridized carbons (Fsp3) is 0.385. The fourth-order valence-electron chi connectivity index (χ4n) is 17.7. The fourth-order valence-corrected chi connectivity index (χ4v) is 21.5. The Morgan fingerprint density at radius 1 is 0.389 bits per heavy atom. The number of carbonyl (C=O) groups is 4. The number of nitrogens with zero attached hydrogens (tertiary/aromatic N) is 10. The molecule has 1 saturated heterocycles. The number of ether oxygens (including phenoxy) is 6. The molecule has 2 aliphatic carbocycles. The highest BCUT2D eigenvalue weighted by atomic mass is 35.5. The van der Waals surface area contributed by atoms with Crippen LogP contribution in [0.15, 0.2) is 146 Å². The molecule has 7 heterocycles. The number of thiazole rings is 3. The van der Waals surface area contributed by atoms with Crippen molar-refractivity contribution in [2.24, 2.45) is 0 Å². The molecular weight excluding hydrogens is 1770 g/mol. The van der Waals surface area contributed by atoms with Crippen molar-refractivity contribution in [3.63, 3.8) is 0 Å². The Balaban J connectivity index is 0.000000144. The Kier molecular flexibility index (Phi) is 26.6. The summed E-state index contributed by atoms with van der Waals surface area (Å²) in [5.74, 6) is 1.13. The van der Waals surface area contributed by atoms with E-state index in [0.717, 1.165) is 174 Å². The molecule has 131 heavy (non-hydrogen) atoms. The molecule has 0 bridgehead atoms. The molecule has 18 rings (SSSR count). The number of carboxylic acids is 1. The molecule has 682 valence electrons. The van der Waals surface area contributed by atoms with Crippen LogP contribution in [0.3, 0.4) is 0 Å². The van der Waals surface area contributed by atoms with Crippen LogP contribution in [0, 0.1) is 41.5 Å². The van der Waals surface area contributed by atoms with Crippen molar-refractivity contribution in [1.29, 1.82) is 0 Å². The number of hydrogen-bond donors (Lipinski definition) is 1. The largest absolute Gasteiger partial charge is 0.479 e. The SMILES string of the molecule is CCOC(=O)[C@@H](OC(C)(C)C)c1c(C)cc2nc(-c3ccc4nc(C)n(C5CCC5)c4c3)sc2c1-c1ccc(Cl)cc1.CCOC(=O)[C@@H](OC(C)(C)C)c1c(C)cc2nc(-c3ccc4nc(C)n(C5CN(C(=O)OC(C)(C)C)C5)c4c3)sc2c1-c1ccc(Cl)cc1.Cc1cc2nc(-c3ccc4nc(C)n(C5CCC5)c4c3)sc2c(-c2ccc(Cl)cc2)c1[C@H](OC(C)(C)C)C(=O)O. The lowest BCUT2D eigenvalue weighted by Crippen LogP contribution is -2.52. The number of rotatable bonds is 20. The van der Waals surface area contributed by atoms with Crippen LogP contribution in [0.1, 0.15) is 223 Å². The second kappa shape index (κ2) is 37.2. The highest BCUT2D eigenvalue weighted by Gasteiger charge is 2.40. The quantitative estimate of drug-likeness (QED) is 0.0551. The number of halogens is 3. The highest BCUT2D eigenvalue weighted by molar-refractivity contribution is 7.23. The van der Waals surface area contributed by atoms with Gasteiger partial charge in [0.05, 0.1) is 99.8 Å². The van der Waals surface area contributed by atoms with E-state index in [4.69, 9.17) is 93.1 Å². The van der Waals surface area contributed by atoms with E-state index >= 15 is 0 Å². The van der Waals surface area contributed by atoms with E-state index in [1.54, 1.807) is 45.8 Å². The van der Waals surface area contributed by atoms with Gasteiger partial charge in [0.2, 0.25) is 0 Å². The Morgan fingerprint density at radius 2 is 0.679 bits per heavy atom. The number of amides is 1. The Bertz CT molecular complexity index is 6910. The molecule has 27 heteroatoms. The lowest BCUT2D eigenvalue weighted by molar-refractivity contribution is -0.167. The zero-order valence-corrected chi connectivity index (χ0v) is 82.5. The molecule has 1 aliphatic heterocycles. The number of esters is 2. The van der Waals surface area contributed by atoms with Crippen LogP contribution in [-0.4, -0.2) is 126 Å². The molecule has 9 aromatic carbocycles. The maximum Gasteiger partial charge on any atom is 0.410 e. The topological polar surface area (TPSA) is 239 Å². The number of carboxylic acid groups (broad SMARTS) is 1. The number of benzene rings is 9. The summed E-state index contributed by atoms with van der Waals surface area (Å²) in [4.78, 5) is 83.7. The molecule has 3 atom stereocenters. The van der Waals surface area contributed by atoms with E-state index in [2.05, 4.69) is 76.1 Å². The first kappa shape index (κ1) is 93.7. The van der Waals surface area contributed by atoms with Gasteiger partial charge in [-0.25, -0.2) is 49.1 Å². The molecule has 3 fully saturated rings. The standard InChI is InChI=1S/C38H43ClN4O5S.C34H36ClN3O3S.C32H32ClN3O3S/c1-10-46-35(44)32(47-37(4,5)6)30-21(2)17-28-33(31(30)23-11-14-25(39)15-12-23)49-34(41-28)24-13-16-27-29(18-24)43(22(3)40-27)26-19-42(20-26)36(45)48-38(7,8)9;1-7-40-33(39)30(41-34(4,5)6)28-19(2)17-26-31(29(28)21-11-14-23(35)15-12-21)42-32(37-26)22-13-16-25-27(18-22)38(20(3)36-25)24-9-8-10-24;1-17-15-24-29(27(19-9-12-21(33)13-10-19)26(17)28(31(37)38)39-32(3,4)5)40-30(35-24)20-11-14-23-25(16-20)36(18(2)34-23)22-7-6-8-22/h11-18,26,32H,10,19-20H2,1-9H3;11-18,24,30H,7-10H2,1-6H3;9-16,22,28H,6-8H2,1-5H3,(H,37,38)/t32-;30-;28-/m000/s1. The van der Waals surface area contributed by atoms with E-state index < -0.39 is 58.6 Å². The predicted octanol–water partition coefficient (Wildman–Crippen LogP) is 27.8. The van der Waals surface area contributed by atoms with E-state index in [-0.39, 0.29) is 25.3 Å². The number of fused-ring (bicyclic) bond motifs is 6. The van der Waals surface area contributed by atoms with Crippen LogP contribution >= 0.6 is 68.8 Å². The van der Waals surface area contributed by atoms with Crippen LogP contribution < -0.4 is 0 Å². The molecule has 0 spiro atoms. The second-order valence-corrected chi connectivity index (χ2v) is 42.5. The van der Waals surface area contributed by atoms with Gasteiger partial charge in [-0.15, -0.1) is 34.0 Å². The van der Waals surface area contributed by atoms with Crippen molar-refractivity contribution in [2.45, 2.75) is 236 Å². The lowest BCUT2D eigenvalue weighted by Gasteiger charge is -2.41. The Hall–Kier alpha value is -10.5. The maximum atomic E-state index is 13.5. The van der Waals surface area contributed by atoms with Crippen LogP contribution in [0.25, 0.3) is 129 Å². The van der Waals surface area contributed by atoms with Crippen LogP contribution in [0.5, 0.6) is 0 Å². The molecule has 15 aromatic rings. The van der Waals surface area contributed by atoms with E-state index in [1.165, 1.54) is 38.5 Å². The normalized spacial score (nSPS) is 14.8. The molecular formula is C104H111Cl3N10O11S3. The van der Waals surface area contributed by atoms with Crippen molar-refractivity contribution in [2.75, 3.05) is 26.3 Å². The lowest BCUT2D eigenvalue weighted by atomic mass is 9.91. The zero-order valence-electron chi connectivity index (χ0n) is 77.8. The van der Waals surface area contributed by atoms with E-state index in [1.807, 2.05) is 215 Å². The van der Waals surface area contributed by atoms with Gasteiger partial charge >= 0.3 is 24.0 Å². The van der Waals surface area contributed by atoms with Gasteiger partial charge in [0, 0.05) is 90.3 Å². The summed E-state index contributed by atoms with van der Waals surface area (Å²) >= 11 is 23.6. The Labute approximate surface area is 790 Å². The third-order valence-electron chi connectivity index (χ3n) is 23.7. The zero-order chi connectivity index (χ0) is 93.5. The Morgan fingerprint density at radius 3 is 0.954 bits per heavy atom. The minimum absolute atomic E-state index is 0.0903. The summed E-state index contributed by atoms with van der Waals surface area (Å²) in [6.07, 6.45) is 4.00. The van der Waals surface area contributed by atoms with Crippen LogP contribution in [0.2, 0.25) is 15.1 Å². The molecule has 0 radical (unpaired) electrons. The van der Waals surface area contributed by atoms with Crippen molar-refractivity contribution >= 4 is 157 Å². The summed E-state index contributed by atoms with van der Waals surface area (Å²) in [5, 5.41) is 14.8. The third kappa shape index (κ3) is 19.8. The molecule has 0 unspecified atom stereocenters. The van der Waals surface area contributed by atoms with Crippen molar-refractivity contribution in [3.05, 3.63) is 212 Å². The summed E-state index contributed by atoms with van der Waals surface area (Å²) in [6, 6.07) is 49.0. The summed E-state index contributed by atoms with van der Waals surface area (Å²) in [7, 11) is 0. The van der Waals surface area contributed by atoms with Crippen LogP contribution in [0.4, 0.5) is 4.79 Å². The smallest absolute Gasteiger partial charge is 0.410 e. The number of likely N-dealkylation sites (tertiary alicyclic amines) is 1. The predicted molar refractivity (Wildman–Crippen MR) is 529 cm³/mol. The van der Waals surface area contributed by atoms with Gasteiger partial charge in [-0.05, 0) is 320 Å². The van der Waals surface area contributed by atoms with Crippen molar-refractivity contribution < 1.29 is 52.7 Å². The van der Waals surface area contributed by atoms with Gasteiger partial charge in [-0.2, -0.15) is 0 Å². The number of aliphatic carboxylic acids is 1. The first-order chi connectivity index (χ1) is 62.1. The monoisotopic (exact) mass is 1880 g/mol. The van der Waals surface area contributed by atoms with Gasteiger partial charge < -0.3 is 52.1 Å². The second-order valence-electron chi connectivity index (χ2n) is 38.1. The molecule has 3 aliphatic rings. The summed E-state index contributed by atoms with van der Waals surface area (Å²) < 4.78 is 45.5. The summed E-state index contributed by atoms with van der Waals surface area (Å²) in [6.45, 7) is 40.2. The number of aryl methyl sites for hydroxylation is 6. The molecule has 1 amide bonds. The molecule has 6 aromatic heterocycles.